The van der Waals surface area contributed by atoms with Gasteiger partial charge in [-0.25, -0.2) is 9.59 Å². The van der Waals surface area contributed by atoms with Crippen LogP contribution in [-0.4, -0.2) is 35.9 Å². The summed E-state index contributed by atoms with van der Waals surface area (Å²) in [6.07, 6.45) is 0. The van der Waals surface area contributed by atoms with Crippen molar-refractivity contribution in [2.24, 2.45) is 0 Å². The van der Waals surface area contributed by atoms with Gasteiger partial charge in [-0.3, -0.25) is 4.79 Å². The lowest BCUT2D eigenvalue weighted by molar-refractivity contribution is -0.137. The lowest BCUT2D eigenvalue weighted by atomic mass is 10.1. The lowest BCUT2D eigenvalue weighted by Crippen LogP contribution is -2.19. The fourth-order valence-electron chi connectivity index (χ4n) is 1.80. The number of hydrogen-bond acceptors (Lipinski definition) is 5. The van der Waals surface area contributed by atoms with Crippen LogP contribution in [0, 0.1) is 13.8 Å². The molecule has 0 radical (unpaired) electrons. The van der Waals surface area contributed by atoms with E-state index in [1.54, 1.807) is 27.7 Å². The third-order valence-corrected chi connectivity index (χ3v) is 2.60. The van der Waals surface area contributed by atoms with Gasteiger partial charge < -0.3 is 14.5 Å². The zero-order valence-electron chi connectivity index (χ0n) is 11.5. The molecule has 0 unspecified atom stereocenters. The molecule has 0 aromatic carbocycles. The van der Waals surface area contributed by atoms with Crippen LogP contribution in [-0.2, 0) is 14.3 Å². The van der Waals surface area contributed by atoms with E-state index < -0.39 is 17.7 Å². The SMILES string of the molecule is CCOC(=O)C(=O)c1c(C)[nH]c(C(=O)OCC)c1C. The standard InChI is InChI=1S/C13H17NO5/c1-5-18-12(16)10-7(3)9(8(4)14-10)11(15)13(17)19-6-2/h14H,5-6H2,1-4H3. The van der Waals surface area contributed by atoms with Crippen molar-refractivity contribution in [1.82, 2.24) is 4.98 Å². The Bertz CT molecular complexity index is 515. The molecule has 104 valence electrons. The molecule has 6 nitrogen and oxygen atoms in total. The summed E-state index contributed by atoms with van der Waals surface area (Å²) in [4.78, 5) is 37.8. The molecule has 19 heavy (non-hydrogen) atoms. The first-order valence-electron chi connectivity index (χ1n) is 6.01. The third-order valence-electron chi connectivity index (χ3n) is 2.60. The molecular formula is C13H17NO5. The zero-order valence-corrected chi connectivity index (χ0v) is 11.5. The summed E-state index contributed by atoms with van der Waals surface area (Å²) in [5, 5.41) is 0. The van der Waals surface area contributed by atoms with Gasteiger partial charge in [0.05, 0.1) is 18.8 Å². The summed E-state index contributed by atoms with van der Waals surface area (Å²) in [6, 6.07) is 0. The first-order valence-corrected chi connectivity index (χ1v) is 6.01. The van der Waals surface area contributed by atoms with Crippen molar-refractivity contribution in [2.45, 2.75) is 27.7 Å². The molecule has 1 N–H and O–H groups in total. The molecule has 1 rings (SSSR count). The van der Waals surface area contributed by atoms with Gasteiger partial charge in [0, 0.05) is 5.69 Å². The first kappa shape index (κ1) is 14.9. The Morgan fingerprint density at radius 1 is 1.05 bits per heavy atom. The number of hydrogen-bond donors (Lipinski definition) is 1. The second-order valence-electron chi connectivity index (χ2n) is 3.90. The van der Waals surface area contributed by atoms with E-state index in [2.05, 4.69) is 9.72 Å². The van der Waals surface area contributed by atoms with Gasteiger partial charge in [-0.15, -0.1) is 0 Å². The van der Waals surface area contributed by atoms with E-state index in [9.17, 15) is 14.4 Å². The van der Waals surface area contributed by atoms with Crippen molar-refractivity contribution in [3.63, 3.8) is 0 Å². The highest BCUT2D eigenvalue weighted by molar-refractivity contribution is 6.41. The predicted octanol–water partition coefficient (Wildman–Crippen LogP) is 1.55. The number of esters is 2. The fraction of sp³-hybridized carbons (Fsp3) is 0.462. The molecule has 0 fully saturated rings. The molecule has 6 heteroatoms. The smallest absolute Gasteiger partial charge is 0.379 e. The topological polar surface area (TPSA) is 85.5 Å². The molecule has 1 aromatic heterocycles. The van der Waals surface area contributed by atoms with Gasteiger partial charge >= 0.3 is 11.9 Å². The Labute approximate surface area is 111 Å². The van der Waals surface area contributed by atoms with E-state index in [-0.39, 0.29) is 24.5 Å². The van der Waals surface area contributed by atoms with Crippen LogP contribution in [0.1, 0.15) is 46.0 Å². The van der Waals surface area contributed by atoms with E-state index >= 15 is 0 Å². The second-order valence-corrected chi connectivity index (χ2v) is 3.90. The third kappa shape index (κ3) is 3.01. The van der Waals surface area contributed by atoms with Crippen LogP contribution in [0.15, 0.2) is 0 Å². The molecule has 1 aromatic rings. The zero-order chi connectivity index (χ0) is 14.6. The largest absolute Gasteiger partial charge is 0.461 e. The summed E-state index contributed by atoms with van der Waals surface area (Å²) in [7, 11) is 0. The maximum absolute atomic E-state index is 11.9. The fourth-order valence-corrected chi connectivity index (χ4v) is 1.80. The summed E-state index contributed by atoms with van der Waals surface area (Å²) in [5.41, 5.74) is 1.20. The number of aromatic nitrogens is 1. The Kier molecular flexibility index (Phi) is 4.86. The van der Waals surface area contributed by atoms with Gasteiger partial charge in [0.25, 0.3) is 5.78 Å². The molecule has 0 aliphatic carbocycles. The van der Waals surface area contributed by atoms with E-state index in [1.807, 2.05) is 0 Å². The number of H-pyrrole nitrogens is 1. The summed E-state index contributed by atoms with van der Waals surface area (Å²) in [5.74, 6) is -2.24. The number of rotatable bonds is 5. The predicted molar refractivity (Wildman–Crippen MR) is 67.2 cm³/mol. The lowest BCUT2D eigenvalue weighted by Gasteiger charge is -2.02. The number of aryl methyl sites for hydroxylation is 1. The molecule has 0 aliphatic heterocycles. The Morgan fingerprint density at radius 2 is 1.63 bits per heavy atom. The number of aromatic amines is 1. The van der Waals surface area contributed by atoms with Gasteiger partial charge in [0.2, 0.25) is 0 Å². The minimum atomic E-state index is -0.928. The highest BCUT2D eigenvalue weighted by atomic mass is 16.5. The van der Waals surface area contributed by atoms with Crippen molar-refractivity contribution in [2.75, 3.05) is 13.2 Å². The summed E-state index contributed by atoms with van der Waals surface area (Å²) in [6.45, 7) is 6.86. The quantitative estimate of drug-likeness (QED) is 0.497. The van der Waals surface area contributed by atoms with Crippen molar-refractivity contribution >= 4 is 17.7 Å². The van der Waals surface area contributed by atoms with Crippen LogP contribution in [0.5, 0.6) is 0 Å². The monoisotopic (exact) mass is 267 g/mol. The highest BCUT2D eigenvalue weighted by Gasteiger charge is 2.27. The number of carbonyl (C=O) groups excluding carboxylic acids is 3. The Hall–Kier alpha value is -2.11. The normalized spacial score (nSPS) is 10.1. The molecular weight excluding hydrogens is 250 g/mol. The molecule has 0 atom stereocenters. The van der Waals surface area contributed by atoms with Crippen molar-refractivity contribution in [3.8, 4) is 0 Å². The van der Waals surface area contributed by atoms with Gasteiger partial charge in [-0.05, 0) is 33.3 Å². The molecule has 0 saturated carbocycles. The van der Waals surface area contributed by atoms with Crippen molar-refractivity contribution in [3.05, 3.63) is 22.5 Å². The molecule has 0 saturated heterocycles. The molecule has 0 bridgehead atoms. The average Bonchev–Trinajstić information content (AvgIpc) is 2.65. The number of nitrogens with one attached hydrogen (secondary N) is 1. The van der Waals surface area contributed by atoms with Crippen LogP contribution in [0.25, 0.3) is 0 Å². The van der Waals surface area contributed by atoms with E-state index in [0.29, 0.717) is 11.3 Å². The van der Waals surface area contributed by atoms with Gasteiger partial charge in [0.15, 0.2) is 0 Å². The molecule has 0 spiro atoms. The molecule has 0 aliphatic rings. The van der Waals surface area contributed by atoms with Crippen LogP contribution in [0.4, 0.5) is 0 Å². The van der Waals surface area contributed by atoms with Gasteiger partial charge in [0.1, 0.15) is 5.69 Å². The van der Waals surface area contributed by atoms with Gasteiger partial charge in [-0.2, -0.15) is 0 Å². The Morgan fingerprint density at radius 3 is 2.16 bits per heavy atom. The van der Waals surface area contributed by atoms with E-state index in [1.165, 1.54) is 0 Å². The minimum absolute atomic E-state index is 0.123. The maximum Gasteiger partial charge on any atom is 0.379 e. The van der Waals surface area contributed by atoms with Crippen LogP contribution in [0.2, 0.25) is 0 Å². The van der Waals surface area contributed by atoms with Gasteiger partial charge in [-0.1, -0.05) is 0 Å². The minimum Gasteiger partial charge on any atom is -0.461 e. The maximum atomic E-state index is 11.9. The highest BCUT2D eigenvalue weighted by Crippen LogP contribution is 2.19. The summed E-state index contributed by atoms with van der Waals surface area (Å²) < 4.78 is 9.53. The van der Waals surface area contributed by atoms with Crippen molar-refractivity contribution in [1.29, 1.82) is 0 Å². The van der Waals surface area contributed by atoms with Crippen molar-refractivity contribution < 1.29 is 23.9 Å². The summed E-state index contributed by atoms with van der Waals surface area (Å²) >= 11 is 0. The van der Waals surface area contributed by atoms with Crippen LogP contribution in [0.3, 0.4) is 0 Å². The number of ether oxygens (including phenoxy) is 2. The van der Waals surface area contributed by atoms with E-state index in [0.717, 1.165) is 0 Å². The molecule has 1 heterocycles. The number of ketones is 1. The Balaban J connectivity index is 3.13. The van der Waals surface area contributed by atoms with E-state index in [4.69, 9.17) is 4.74 Å². The number of Topliss-reactive ketones (excluding diaryl/α,β-unsaturated/α-hetero) is 1. The first-order chi connectivity index (χ1) is 8.93. The molecule has 0 amide bonds. The number of carbonyl (C=O) groups is 3. The average molecular weight is 267 g/mol. The van der Waals surface area contributed by atoms with Crippen LogP contribution >= 0.6 is 0 Å². The van der Waals surface area contributed by atoms with Crippen LogP contribution < -0.4 is 0 Å². The second kappa shape index (κ2) is 6.17.